The Morgan fingerprint density at radius 2 is 1.44 bits per heavy atom. The lowest BCUT2D eigenvalue weighted by atomic mass is 10.2. The molecule has 2 aromatic carbocycles. The van der Waals surface area contributed by atoms with Crippen LogP contribution in [0.2, 0.25) is 0 Å². The maximum atomic E-state index is 13.0. The molecule has 2 N–H and O–H groups in total. The highest BCUT2D eigenvalue weighted by atomic mass is 19.1. The van der Waals surface area contributed by atoms with E-state index in [0.29, 0.717) is 23.0 Å². The van der Waals surface area contributed by atoms with Gasteiger partial charge in [-0.05, 0) is 55.5 Å². The van der Waals surface area contributed by atoms with Gasteiger partial charge in [-0.1, -0.05) is 0 Å². The summed E-state index contributed by atoms with van der Waals surface area (Å²) >= 11 is 0. The zero-order chi connectivity index (χ0) is 17.8. The maximum Gasteiger partial charge on any atom is 0.274 e. The number of hydrogen-bond acceptors (Lipinski definition) is 4. The molecule has 7 heteroatoms. The summed E-state index contributed by atoms with van der Waals surface area (Å²) in [5, 5.41) is 5.63. The Morgan fingerprint density at radius 3 is 2.04 bits per heavy atom. The molecule has 25 heavy (non-hydrogen) atoms. The van der Waals surface area contributed by atoms with Crippen molar-refractivity contribution in [1.29, 1.82) is 0 Å². The molecule has 0 saturated heterocycles. The molecule has 1 heterocycles. The molecule has 1 aromatic heterocycles. The first-order valence-electron chi connectivity index (χ1n) is 7.45. The summed E-state index contributed by atoms with van der Waals surface area (Å²) < 4.78 is 25.9. The number of halogens is 2. The van der Waals surface area contributed by atoms with Crippen LogP contribution in [0.15, 0.2) is 54.6 Å². The van der Waals surface area contributed by atoms with E-state index in [1.165, 1.54) is 42.5 Å². The van der Waals surface area contributed by atoms with Crippen LogP contribution in [0.5, 0.6) is 0 Å². The van der Waals surface area contributed by atoms with Crippen LogP contribution in [0.25, 0.3) is 0 Å². The number of carbonyl (C=O) groups is 1. The normalized spacial score (nSPS) is 10.4. The Kier molecular flexibility index (Phi) is 4.65. The van der Waals surface area contributed by atoms with Crippen LogP contribution in [0.4, 0.5) is 26.0 Å². The Hall–Kier alpha value is -3.35. The zero-order valence-electron chi connectivity index (χ0n) is 13.3. The molecule has 0 radical (unpaired) electrons. The van der Waals surface area contributed by atoms with Crippen LogP contribution in [-0.4, -0.2) is 15.9 Å². The van der Waals surface area contributed by atoms with Gasteiger partial charge in [0.05, 0.1) is 0 Å². The minimum atomic E-state index is -0.445. The SMILES string of the molecule is Cc1nc(Nc2ccc(F)cc2)cc(C(=O)Nc2ccc(F)cc2)n1. The summed E-state index contributed by atoms with van der Waals surface area (Å²) in [4.78, 5) is 20.6. The van der Waals surface area contributed by atoms with E-state index in [9.17, 15) is 13.6 Å². The summed E-state index contributed by atoms with van der Waals surface area (Å²) in [7, 11) is 0. The second-order valence-corrected chi connectivity index (χ2v) is 5.28. The lowest BCUT2D eigenvalue weighted by Gasteiger charge is -2.09. The number of anilines is 3. The van der Waals surface area contributed by atoms with Crippen molar-refractivity contribution in [1.82, 2.24) is 9.97 Å². The van der Waals surface area contributed by atoms with Crippen molar-refractivity contribution in [2.45, 2.75) is 6.92 Å². The molecule has 1 amide bonds. The van der Waals surface area contributed by atoms with Crippen LogP contribution < -0.4 is 10.6 Å². The van der Waals surface area contributed by atoms with Gasteiger partial charge in [0.2, 0.25) is 0 Å². The molecule has 5 nitrogen and oxygen atoms in total. The van der Waals surface area contributed by atoms with Gasteiger partial charge in [-0.25, -0.2) is 18.7 Å². The van der Waals surface area contributed by atoms with E-state index in [4.69, 9.17) is 0 Å². The maximum absolute atomic E-state index is 13.0. The van der Waals surface area contributed by atoms with Gasteiger partial charge in [-0.15, -0.1) is 0 Å². The van der Waals surface area contributed by atoms with Gasteiger partial charge >= 0.3 is 0 Å². The average molecular weight is 340 g/mol. The molecule has 3 aromatic rings. The highest BCUT2D eigenvalue weighted by Gasteiger charge is 2.11. The van der Waals surface area contributed by atoms with Crippen LogP contribution in [0.3, 0.4) is 0 Å². The largest absolute Gasteiger partial charge is 0.340 e. The topological polar surface area (TPSA) is 66.9 Å². The highest BCUT2D eigenvalue weighted by Crippen LogP contribution is 2.17. The summed E-state index contributed by atoms with van der Waals surface area (Å²) in [6, 6.07) is 12.7. The van der Waals surface area contributed by atoms with Crippen LogP contribution in [-0.2, 0) is 0 Å². The zero-order valence-corrected chi connectivity index (χ0v) is 13.3. The highest BCUT2D eigenvalue weighted by molar-refractivity contribution is 6.03. The number of carbonyl (C=O) groups excluding carboxylic acids is 1. The monoisotopic (exact) mass is 340 g/mol. The van der Waals surface area contributed by atoms with E-state index in [2.05, 4.69) is 20.6 Å². The van der Waals surface area contributed by atoms with Gasteiger partial charge in [-0.2, -0.15) is 0 Å². The third-order valence-corrected chi connectivity index (χ3v) is 3.29. The van der Waals surface area contributed by atoms with E-state index in [1.807, 2.05) is 0 Å². The Bertz CT molecular complexity index is 896. The van der Waals surface area contributed by atoms with E-state index >= 15 is 0 Å². The quantitative estimate of drug-likeness (QED) is 0.752. The van der Waals surface area contributed by atoms with Crippen molar-refractivity contribution < 1.29 is 13.6 Å². The molecule has 0 saturated carbocycles. The van der Waals surface area contributed by atoms with Gasteiger partial charge in [0.15, 0.2) is 0 Å². The third kappa shape index (κ3) is 4.35. The van der Waals surface area contributed by atoms with Crippen molar-refractivity contribution in [2.75, 3.05) is 10.6 Å². The van der Waals surface area contributed by atoms with E-state index in [1.54, 1.807) is 19.1 Å². The summed E-state index contributed by atoms with van der Waals surface area (Å²) in [5.41, 5.74) is 1.24. The minimum absolute atomic E-state index is 0.154. The summed E-state index contributed by atoms with van der Waals surface area (Å²) in [5.74, 6) is -0.371. The fourth-order valence-electron chi connectivity index (χ4n) is 2.16. The van der Waals surface area contributed by atoms with E-state index in [0.717, 1.165) is 0 Å². The van der Waals surface area contributed by atoms with Gasteiger partial charge in [0.1, 0.15) is 29.0 Å². The Labute approximate surface area is 142 Å². The second-order valence-electron chi connectivity index (χ2n) is 5.28. The predicted molar refractivity (Wildman–Crippen MR) is 90.8 cm³/mol. The summed E-state index contributed by atoms with van der Waals surface area (Å²) in [6.07, 6.45) is 0. The van der Waals surface area contributed by atoms with Crippen molar-refractivity contribution >= 4 is 23.1 Å². The number of rotatable bonds is 4. The molecule has 0 aliphatic carbocycles. The Balaban J connectivity index is 1.79. The van der Waals surface area contributed by atoms with E-state index in [-0.39, 0.29) is 17.3 Å². The lowest BCUT2D eigenvalue weighted by molar-refractivity contribution is 0.102. The number of nitrogens with one attached hydrogen (secondary N) is 2. The van der Waals surface area contributed by atoms with E-state index < -0.39 is 5.91 Å². The van der Waals surface area contributed by atoms with Crippen molar-refractivity contribution in [2.24, 2.45) is 0 Å². The molecule has 0 unspecified atom stereocenters. The van der Waals surface area contributed by atoms with Gasteiger partial charge in [-0.3, -0.25) is 4.79 Å². The van der Waals surface area contributed by atoms with Gasteiger partial charge < -0.3 is 10.6 Å². The minimum Gasteiger partial charge on any atom is -0.340 e. The number of amides is 1. The average Bonchev–Trinajstić information content (AvgIpc) is 2.58. The van der Waals surface area contributed by atoms with Crippen LogP contribution >= 0.6 is 0 Å². The molecule has 0 aliphatic rings. The van der Waals surface area contributed by atoms with Gasteiger partial charge in [0.25, 0.3) is 5.91 Å². The van der Waals surface area contributed by atoms with Crippen LogP contribution in [0.1, 0.15) is 16.3 Å². The predicted octanol–water partition coefficient (Wildman–Crippen LogP) is 4.06. The first-order valence-corrected chi connectivity index (χ1v) is 7.45. The number of aromatic nitrogens is 2. The lowest BCUT2D eigenvalue weighted by Crippen LogP contribution is -2.15. The number of benzene rings is 2. The molecule has 0 spiro atoms. The molecule has 0 atom stereocenters. The molecule has 0 fully saturated rings. The molecular weight excluding hydrogens is 326 g/mol. The van der Waals surface area contributed by atoms with Gasteiger partial charge in [0, 0.05) is 17.4 Å². The fraction of sp³-hybridized carbons (Fsp3) is 0.0556. The molecule has 3 rings (SSSR count). The Morgan fingerprint density at radius 1 is 0.880 bits per heavy atom. The van der Waals surface area contributed by atoms with Crippen molar-refractivity contribution in [3.05, 3.63) is 77.8 Å². The number of aryl methyl sites for hydroxylation is 1. The van der Waals surface area contributed by atoms with Crippen LogP contribution in [0, 0.1) is 18.6 Å². The molecular formula is C18H14F2N4O. The fourth-order valence-corrected chi connectivity index (χ4v) is 2.16. The molecule has 126 valence electrons. The number of nitrogens with zero attached hydrogens (tertiary/aromatic N) is 2. The molecule has 0 bridgehead atoms. The second kappa shape index (κ2) is 7.04. The first kappa shape index (κ1) is 16.5. The smallest absolute Gasteiger partial charge is 0.274 e. The first-order chi connectivity index (χ1) is 12.0. The standard InChI is InChI=1S/C18H14F2N4O/c1-11-21-16(18(25)24-15-8-4-13(20)5-9-15)10-17(22-11)23-14-6-2-12(19)3-7-14/h2-10H,1H3,(H,24,25)(H,21,22,23). The summed E-state index contributed by atoms with van der Waals surface area (Å²) in [6.45, 7) is 1.66. The number of hydrogen-bond donors (Lipinski definition) is 2. The third-order valence-electron chi connectivity index (χ3n) is 3.29. The van der Waals surface area contributed by atoms with Crippen molar-refractivity contribution in [3.8, 4) is 0 Å². The molecule has 0 aliphatic heterocycles. The van der Waals surface area contributed by atoms with Crippen molar-refractivity contribution in [3.63, 3.8) is 0 Å².